The SMILES string of the molecule is O=C(NCCC1=CCCCC1)c1cc(NCC2CCCO2)ccn1. The lowest BCUT2D eigenvalue weighted by molar-refractivity contribution is 0.0949. The molecule has 0 saturated carbocycles. The fourth-order valence-electron chi connectivity index (χ4n) is 3.26. The van der Waals surface area contributed by atoms with Crippen molar-refractivity contribution < 1.29 is 9.53 Å². The maximum atomic E-state index is 12.3. The summed E-state index contributed by atoms with van der Waals surface area (Å²) in [6, 6.07) is 3.70. The Labute approximate surface area is 143 Å². The van der Waals surface area contributed by atoms with E-state index in [9.17, 15) is 4.79 Å². The summed E-state index contributed by atoms with van der Waals surface area (Å²) in [6.45, 7) is 2.31. The highest BCUT2D eigenvalue weighted by atomic mass is 16.5. The number of aromatic nitrogens is 1. The Bertz CT molecular complexity index is 580. The van der Waals surface area contributed by atoms with Crippen molar-refractivity contribution in [3.05, 3.63) is 35.7 Å². The Morgan fingerprint density at radius 3 is 3.08 bits per heavy atom. The Hall–Kier alpha value is -1.88. The van der Waals surface area contributed by atoms with Gasteiger partial charge in [0.1, 0.15) is 5.69 Å². The number of amides is 1. The van der Waals surface area contributed by atoms with Crippen LogP contribution in [-0.4, -0.2) is 36.7 Å². The van der Waals surface area contributed by atoms with E-state index < -0.39 is 0 Å². The first kappa shape index (κ1) is 17.0. The number of ether oxygens (including phenoxy) is 1. The zero-order chi connectivity index (χ0) is 16.6. The molecular weight excluding hydrogens is 302 g/mol. The van der Waals surface area contributed by atoms with Crippen molar-refractivity contribution in [1.82, 2.24) is 10.3 Å². The van der Waals surface area contributed by atoms with Crippen LogP contribution in [0.4, 0.5) is 5.69 Å². The summed E-state index contributed by atoms with van der Waals surface area (Å²) >= 11 is 0. The van der Waals surface area contributed by atoms with Crippen LogP contribution < -0.4 is 10.6 Å². The molecule has 2 N–H and O–H groups in total. The lowest BCUT2D eigenvalue weighted by Crippen LogP contribution is -2.26. The number of hydrogen-bond acceptors (Lipinski definition) is 4. The van der Waals surface area contributed by atoms with Crippen LogP contribution in [0.25, 0.3) is 0 Å². The van der Waals surface area contributed by atoms with Crippen molar-refractivity contribution in [2.24, 2.45) is 0 Å². The lowest BCUT2D eigenvalue weighted by Gasteiger charge is -2.13. The highest BCUT2D eigenvalue weighted by Crippen LogP contribution is 2.19. The van der Waals surface area contributed by atoms with E-state index in [1.165, 1.54) is 31.3 Å². The van der Waals surface area contributed by atoms with Gasteiger partial charge >= 0.3 is 0 Å². The zero-order valence-electron chi connectivity index (χ0n) is 14.2. The molecule has 1 atom stereocenters. The first-order valence-electron chi connectivity index (χ1n) is 9.09. The molecule has 2 aliphatic rings. The number of rotatable bonds is 7. The third kappa shape index (κ3) is 5.06. The van der Waals surface area contributed by atoms with Crippen molar-refractivity contribution in [3.8, 4) is 0 Å². The zero-order valence-corrected chi connectivity index (χ0v) is 14.2. The van der Waals surface area contributed by atoms with E-state index in [1.54, 1.807) is 6.20 Å². The third-order valence-electron chi connectivity index (χ3n) is 4.67. The normalized spacial score (nSPS) is 20.5. The van der Waals surface area contributed by atoms with E-state index in [2.05, 4.69) is 21.7 Å². The molecule has 0 aromatic carbocycles. The Morgan fingerprint density at radius 1 is 1.33 bits per heavy atom. The van der Waals surface area contributed by atoms with Gasteiger partial charge in [-0.2, -0.15) is 0 Å². The molecule has 1 amide bonds. The van der Waals surface area contributed by atoms with E-state index in [-0.39, 0.29) is 12.0 Å². The van der Waals surface area contributed by atoms with Gasteiger partial charge in [0, 0.05) is 31.6 Å². The molecule has 1 fully saturated rings. The number of carbonyl (C=O) groups is 1. The molecule has 5 nitrogen and oxygen atoms in total. The molecule has 1 aliphatic carbocycles. The van der Waals surface area contributed by atoms with Gasteiger partial charge in [0.05, 0.1) is 6.10 Å². The predicted molar refractivity (Wildman–Crippen MR) is 95.2 cm³/mol. The quantitative estimate of drug-likeness (QED) is 0.754. The van der Waals surface area contributed by atoms with E-state index in [1.807, 2.05) is 12.1 Å². The van der Waals surface area contributed by atoms with Crippen LogP contribution in [0, 0.1) is 0 Å². The highest BCUT2D eigenvalue weighted by Gasteiger charge is 2.15. The van der Waals surface area contributed by atoms with Gasteiger partial charge in [0.15, 0.2) is 0 Å². The topological polar surface area (TPSA) is 63.2 Å². The number of allylic oxidation sites excluding steroid dienone is 1. The van der Waals surface area contributed by atoms with Crippen molar-refractivity contribution in [2.75, 3.05) is 25.0 Å². The van der Waals surface area contributed by atoms with Crippen LogP contribution >= 0.6 is 0 Å². The predicted octanol–water partition coefficient (Wildman–Crippen LogP) is 3.29. The average Bonchev–Trinajstić information content (AvgIpc) is 3.15. The molecule has 0 spiro atoms. The number of anilines is 1. The Morgan fingerprint density at radius 2 is 2.29 bits per heavy atom. The standard InChI is InChI=1S/C19H27N3O2/c23-19(21-10-8-15-5-2-1-3-6-15)18-13-16(9-11-20-18)22-14-17-7-4-12-24-17/h5,9,11,13,17H,1-4,6-8,10,12,14H2,(H,20,22)(H,21,23). The summed E-state index contributed by atoms with van der Waals surface area (Å²) in [5, 5.41) is 6.31. The van der Waals surface area contributed by atoms with Crippen LogP contribution in [-0.2, 0) is 4.74 Å². The minimum absolute atomic E-state index is 0.104. The number of carbonyl (C=O) groups excluding carboxylic acids is 1. The van der Waals surface area contributed by atoms with E-state index in [0.717, 1.165) is 38.1 Å². The summed E-state index contributed by atoms with van der Waals surface area (Å²) in [5.41, 5.74) is 2.85. The van der Waals surface area contributed by atoms with E-state index in [0.29, 0.717) is 12.2 Å². The summed E-state index contributed by atoms with van der Waals surface area (Å²) in [5.74, 6) is -0.104. The highest BCUT2D eigenvalue weighted by molar-refractivity contribution is 5.93. The maximum absolute atomic E-state index is 12.3. The molecule has 130 valence electrons. The minimum atomic E-state index is -0.104. The van der Waals surface area contributed by atoms with Crippen molar-refractivity contribution in [1.29, 1.82) is 0 Å². The van der Waals surface area contributed by atoms with Gasteiger partial charge in [-0.1, -0.05) is 11.6 Å². The van der Waals surface area contributed by atoms with Gasteiger partial charge in [-0.15, -0.1) is 0 Å². The van der Waals surface area contributed by atoms with Gasteiger partial charge in [0.25, 0.3) is 5.91 Å². The Balaban J connectivity index is 1.45. The molecule has 1 aromatic heterocycles. The lowest BCUT2D eigenvalue weighted by atomic mass is 9.97. The van der Waals surface area contributed by atoms with Gasteiger partial charge in [0.2, 0.25) is 0 Å². The molecule has 1 saturated heterocycles. The Kier molecular flexibility index (Phi) is 6.24. The summed E-state index contributed by atoms with van der Waals surface area (Å²) < 4.78 is 5.60. The molecule has 1 aliphatic heterocycles. The van der Waals surface area contributed by atoms with Gasteiger partial charge in [-0.25, -0.2) is 0 Å². The molecule has 0 bridgehead atoms. The van der Waals surface area contributed by atoms with Crippen LogP contribution in [0.1, 0.15) is 55.4 Å². The summed E-state index contributed by atoms with van der Waals surface area (Å²) in [4.78, 5) is 16.4. The monoisotopic (exact) mass is 329 g/mol. The molecule has 3 rings (SSSR count). The second-order valence-electron chi connectivity index (χ2n) is 6.56. The van der Waals surface area contributed by atoms with Crippen LogP contribution in [0.15, 0.2) is 30.0 Å². The van der Waals surface area contributed by atoms with Crippen molar-refractivity contribution >= 4 is 11.6 Å². The number of nitrogens with zero attached hydrogens (tertiary/aromatic N) is 1. The van der Waals surface area contributed by atoms with Crippen molar-refractivity contribution in [3.63, 3.8) is 0 Å². The number of pyridine rings is 1. The van der Waals surface area contributed by atoms with E-state index >= 15 is 0 Å². The van der Waals surface area contributed by atoms with E-state index in [4.69, 9.17) is 4.74 Å². The first-order chi connectivity index (χ1) is 11.8. The van der Waals surface area contributed by atoms with Gasteiger partial charge in [-0.3, -0.25) is 9.78 Å². The first-order valence-corrected chi connectivity index (χ1v) is 9.09. The van der Waals surface area contributed by atoms with Crippen molar-refractivity contribution in [2.45, 2.75) is 51.0 Å². The smallest absolute Gasteiger partial charge is 0.269 e. The summed E-state index contributed by atoms with van der Waals surface area (Å²) in [7, 11) is 0. The van der Waals surface area contributed by atoms with Crippen LogP contribution in [0.2, 0.25) is 0 Å². The van der Waals surface area contributed by atoms with Crippen LogP contribution in [0.5, 0.6) is 0 Å². The number of hydrogen-bond donors (Lipinski definition) is 2. The fourth-order valence-corrected chi connectivity index (χ4v) is 3.26. The molecular formula is C19H27N3O2. The molecule has 1 aromatic rings. The van der Waals surface area contributed by atoms with Gasteiger partial charge in [-0.05, 0) is 57.1 Å². The second kappa shape index (κ2) is 8.83. The number of nitrogens with one attached hydrogen (secondary N) is 2. The maximum Gasteiger partial charge on any atom is 0.269 e. The second-order valence-corrected chi connectivity index (χ2v) is 6.56. The largest absolute Gasteiger partial charge is 0.382 e. The molecule has 1 unspecified atom stereocenters. The van der Waals surface area contributed by atoms with Gasteiger partial charge < -0.3 is 15.4 Å². The summed E-state index contributed by atoms with van der Waals surface area (Å²) in [6.07, 6.45) is 12.4. The molecule has 24 heavy (non-hydrogen) atoms. The fraction of sp³-hybridized carbons (Fsp3) is 0.579. The molecule has 2 heterocycles. The third-order valence-corrected chi connectivity index (χ3v) is 4.67. The minimum Gasteiger partial charge on any atom is -0.382 e. The molecule has 5 heteroatoms. The average molecular weight is 329 g/mol. The molecule has 0 radical (unpaired) electrons. The van der Waals surface area contributed by atoms with Crippen LogP contribution in [0.3, 0.4) is 0 Å².